The molecule has 7 heteroatoms. The zero-order valence-electron chi connectivity index (χ0n) is 12.1. The fourth-order valence-corrected chi connectivity index (χ4v) is 2.83. The number of nitrogens with zero attached hydrogens (tertiary/aromatic N) is 3. The molecule has 0 fully saturated rings. The lowest BCUT2D eigenvalue weighted by Crippen LogP contribution is -2.39. The van der Waals surface area contributed by atoms with Gasteiger partial charge in [0, 0.05) is 21.4 Å². The van der Waals surface area contributed by atoms with Gasteiger partial charge in [0.05, 0.1) is 12.2 Å². The molecular weight excluding hydrogens is 353 g/mol. The molecule has 5 nitrogen and oxygen atoms in total. The van der Waals surface area contributed by atoms with Gasteiger partial charge < -0.3 is 9.64 Å². The average Bonchev–Trinajstić information content (AvgIpc) is 2.44. The predicted octanol–water partition coefficient (Wildman–Crippen LogP) is 2.92. The predicted molar refractivity (Wildman–Crippen MR) is 82.3 cm³/mol. The van der Waals surface area contributed by atoms with Crippen molar-refractivity contribution in [1.29, 1.82) is 0 Å². The minimum atomic E-state index is -0.500. The highest BCUT2D eigenvalue weighted by Gasteiger charge is 2.29. The molecule has 1 aliphatic heterocycles. The van der Waals surface area contributed by atoms with E-state index in [4.69, 9.17) is 4.74 Å². The third-order valence-corrected chi connectivity index (χ3v) is 4.07. The first-order chi connectivity index (χ1) is 10.5. The van der Waals surface area contributed by atoms with E-state index >= 15 is 0 Å². The molecule has 0 saturated heterocycles. The lowest BCUT2D eigenvalue weighted by Gasteiger charge is -2.30. The first-order valence-electron chi connectivity index (χ1n) is 6.66. The number of carbonyl (C=O) groups excluding carboxylic acids is 1. The number of halogens is 2. The van der Waals surface area contributed by atoms with Gasteiger partial charge in [0.25, 0.3) is 5.91 Å². The van der Waals surface area contributed by atoms with Crippen LogP contribution in [0.25, 0.3) is 0 Å². The molecule has 2 aromatic rings. The molecule has 1 aromatic carbocycles. The normalized spacial score (nSPS) is 13.8. The summed E-state index contributed by atoms with van der Waals surface area (Å²) in [4.78, 5) is 22.1. The number of anilines is 1. The van der Waals surface area contributed by atoms with Crippen LogP contribution in [0.1, 0.15) is 17.0 Å². The molecule has 0 unspecified atom stereocenters. The van der Waals surface area contributed by atoms with Gasteiger partial charge >= 0.3 is 0 Å². The summed E-state index contributed by atoms with van der Waals surface area (Å²) >= 11 is 3.24. The molecule has 0 atom stereocenters. The Labute approximate surface area is 135 Å². The van der Waals surface area contributed by atoms with E-state index in [1.807, 2.05) is 13.8 Å². The molecule has 1 aromatic heterocycles. The fourth-order valence-electron chi connectivity index (χ4n) is 2.42. The first-order valence-corrected chi connectivity index (χ1v) is 7.46. The molecule has 0 bridgehead atoms. The molecule has 0 N–H and O–H groups in total. The van der Waals surface area contributed by atoms with Crippen LogP contribution in [0.4, 0.5) is 10.1 Å². The van der Waals surface area contributed by atoms with Crippen LogP contribution in [0.5, 0.6) is 5.75 Å². The Morgan fingerprint density at radius 3 is 2.68 bits per heavy atom. The number of rotatable bonds is 2. The molecular formula is C15H13BrFN3O2. The zero-order chi connectivity index (χ0) is 15.9. The van der Waals surface area contributed by atoms with Gasteiger partial charge in [-0.15, -0.1) is 0 Å². The van der Waals surface area contributed by atoms with Gasteiger partial charge in [-0.1, -0.05) is 15.9 Å². The maximum atomic E-state index is 14.0. The van der Waals surface area contributed by atoms with Gasteiger partial charge in [-0.25, -0.2) is 14.4 Å². The molecule has 114 valence electrons. The molecule has 1 aliphatic rings. The maximum Gasteiger partial charge on any atom is 0.265 e. The molecule has 22 heavy (non-hydrogen) atoms. The molecule has 0 saturated carbocycles. The van der Waals surface area contributed by atoms with E-state index in [0.29, 0.717) is 10.2 Å². The van der Waals surface area contributed by atoms with E-state index in [9.17, 15) is 9.18 Å². The van der Waals surface area contributed by atoms with Crippen molar-refractivity contribution in [2.45, 2.75) is 20.4 Å². The average molecular weight is 366 g/mol. The number of hydrogen-bond donors (Lipinski definition) is 0. The van der Waals surface area contributed by atoms with Crippen molar-refractivity contribution in [2.75, 3.05) is 11.5 Å². The van der Waals surface area contributed by atoms with Crippen LogP contribution in [0.3, 0.4) is 0 Å². The van der Waals surface area contributed by atoms with Gasteiger partial charge in [-0.3, -0.25) is 4.79 Å². The zero-order valence-corrected chi connectivity index (χ0v) is 13.6. The van der Waals surface area contributed by atoms with Crippen molar-refractivity contribution in [3.63, 3.8) is 0 Å². The van der Waals surface area contributed by atoms with E-state index in [0.717, 1.165) is 17.0 Å². The van der Waals surface area contributed by atoms with E-state index in [1.165, 1.54) is 17.3 Å². The molecule has 2 heterocycles. The lowest BCUT2D eigenvalue weighted by atomic mass is 10.1. The van der Waals surface area contributed by atoms with E-state index in [2.05, 4.69) is 25.9 Å². The molecule has 0 radical (unpaired) electrons. The van der Waals surface area contributed by atoms with Crippen molar-refractivity contribution < 1.29 is 13.9 Å². The summed E-state index contributed by atoms with van der Waals surface area (Å²) in [5.41, 5.74) is 2.85. The van der Waals surface area contributed by atoms with Gasteiger partial charge in [0.1, 0.15) is 6.33 Å². The van der Waals surface area contributed by atoms with Gasteiger partial charge in [0.15, 0.2) is 18.2 Å². The standard InChI is InChI=1S/C15H13BrFN3O2/c1-8-11(9(2)19-7-18-8)5-20-13-4-10(16)3-12(17)15(13)22-6-14(20)21/h3-4,7H,5-6H2,1-2H3. The van der Waals surface area contributed by atoms with Crippen LogP contribution in [0.15, 0.2) is 22.9 Å². The summed E-state index contributed by atoms with van der Waals surface area (Å²) in [6.07, 6.45) is 1.49. The summed E-state index contributed by atoms with van der Waals surface area (Å²) < 4.78 is 19.8. The second-order valence-electron chi connectivity index (χ2n) is 5.03. The molecule has 1 amide bonds. The molecule has 0 aliphatic carbocycles. The Balaban J connectivity index is 2.07. The number of carbonyl (C=O) groups is 1. The number of aromatic nitrogens is 2. The maximum absolute atomic E-state index is 14.0. The van der Waals surface area contributed by atoms with E-state index in [1.54, 1.807) is 6.07 Å². The molecule has 3 rings (SSSR count). The summed E-state index contributed by atoms with van der Waals surface area (Å²) in [6.45, 7) is 3.82. The summed E-state index contributed by atoms with van der Waals surface area (Å²) in [7, 11) is 0. The van der Waals surface area contributed by atoms with Gasteiger partial charge in [0.2, 0.25) is 0 Å². The summed E-state index contributed by atoms with van der Waals surface area (Å²) in [6, 6.07) is 2.98. The summed E-state index contributed by atoms with van der Waals surface area (Å²) in [5, 5.41) is 0. The van der Waals surface area contributed by atoms with Crippen molar-refractivity contribution in [1.82, 2.24) is 9.97 Å². The number of fused-ring (bicyclic) bond motifs is 1. The third-order valence-electron chi connectivity index (χ3n) is 3.61. The Kier molecular flexibility index (Phi) is 3.82. The Bertz CT molecular complexity index is 746. The Hall–Kier alpha value is -2.02. The van der Waals surface area contributed by atoms with Crippen molar-refractivity contribution in [3.05, 3.63) is 45.7 Å². The summed E-state index contributed by atoms with van der Waals surface area (Å²) in [5.74, 6) is -0.637. The minimum absolute atomic E-state index is 0.0926. The van der Waals surface area contributed by atoms with Crippen molar-refractivity contribution in [2.24, 2.45) is 0 Å². The lowest BCUT2D eigenvalue weighted by molar-refractivity contribution is -0.121. The minimum Gasteiger partial charge on any atom is -0.478 e. The van der Waals surface area contributed by atoms with Crippen LogP contribution in [-0.4, -0.2) is 22.5 Å². The van der Waals surface area contributed by atoms with E-state index in [-0.39, 0.29) is 24.8 Å². The topological polar surface area (TPSA) is 55.3 Å². The molecule has 0 spiro atoms. The van der Waals surface area contributed by atoms with Gasteiger partial charge in [-0.05, 0) is 26.0 Å². The fraction of sp³-hybridized carbons (Fsp3) is 0.267. The highest BCUT2D eigenvalue weighted by atomic mass is 79.9. The van der Waals surface area contributed by atoms with E-state index < -0.39 is 5.82 Å². The highest BCUT2D eigenvalue weighted by molar-refractivity contribution is 9.10. The second-order valence-corrected chi connectivity index (χ2v) is 5.94. The van der Waals surface area contributed by atoms with Gasteiger partial charge in [-0.2, -0.15) is 0 Å². The highest BCUT2D eigenvalue weighted by Crippen LogP contribution is 2.38. The van der Waals surface area contributed by atoms with Crippen LogP contribution < -0.4 is 9.64 Å². The number of amides is 1. The Morgan fingerprint density at radius 1 is 1.32 bits per heavy atom. The Morgan fingerprint density at radius 2 is 2.00 bits per heavy atom. The number of hydrogen-bond acceptors (Lipinski definition) is 4. The van der Waals surface area contributed by atoms with Crippen molar-refractivity contribution >= 4 is 27.5 Å². The third kappa shape index (κ3) is 2.56. The quantitative estimate of drug-likeness (QED) is 0.820. The number of benzene rings is 1. The number of ether oxygens (including phenoxy) is 1. The monoisotopic (exact) mass is 365 g/mol. The SMILES string of the molecule is Cc1ncnc(C)c1CN1C(=O)COc2c(F)cc(Br)cc21. The van der Waals surface area contributed by atoms with Crippen LogP contribution in [0.2, 0.25) is 0 Å². The smallest absolute Gasteiger partial charge is 0.265 e. The van der Waals surface area contributed by atoms with Crippen LogP contribution >= 0.6 is 15.9 Å². The first kappa shape index (κ1) is 14.9. The van der Waals surface area contributed by atoms with Crippen molar-refractivity contribution in [3.8, 4) is 5.75 Å². The largest absolute Gasteiger partial charge is 0.478 e. The van der Waals surface area contributed by atoms with Crippen LogP contribution in [0, 0.1) is 19.7 Å². The second kappa shape index (κ2) is 5.64. The van der Waals surface area contributed by atoms with Crippen LogP contribution in [-0.2, 0) is 11.3 Å². The number of aryl methyl sites for hydroxylation is 2.